The van der Waals surface area contributed by atoms with Gasteiger partial charge in [-0.05, 0) is 25.3 Å². The number of piperidine rings is 1. The van der Waals surface area contributed by atoms with Crippen LogP contribution >= 0.6 is 0 Å². The van der Waals surface area contributed by atoms with Crippen molar-refractivity contribution in [1.82, 2.24) is 14.3 Å². The van der Waals surface area contributed by atoms with E-state index < -0.39 is 16.7 Å². The Hall–Kier alpha value is -1.86. The van der Waals surface area contributed by atoms with Gasteiger partial charge in [-0.1, -0.05) is 30.3 Å². The van der Waals surface area contributed by atoms with Crippen LogP contribution in [0.15, 0.2) is 42.6 Å². The van der Waals surface area contributed by atoms with Crippen LogP contribution in [0.4, 0.5) is 4.39 Å². The van der Waals surface area contributed by atoms with Gasteiger partial charge in [-0.2, -0.15) is 0 Å². The van der Waals surface area contributed by atoms with Crippen LogP contribution in [0, 0.1) is 0 Å². The van der Waals surface area contributed by atoms with Gasteiger partial charge in [-0.3, -0.25) is 4.39 Å². The van der Waals surface area contributed by atoms with Gasteiger partial charge in [0.1, 0.15) is 5.82 Å². The Kier molecular flexibility index (Phi) is 5.75. The minimum atomic E-state index is -3.35. The summed E-state index contributed by atoms with van der Waals surface area (Å²) in [4.78, 5) is 9.07. The van der Waals surface area contributed by atoms with Gasteiger partial charge in [0.25, 0.3) is 0 Å². The average molecular weight is 363 g/mol. The molecule has 1 aromatic carbocycles. The van der Waals surface area contributed by atoms with Crippen molar-refractivity contribution in [3.8, 4) is 11.3 Å². The van der Waals surface area contributed by atoms with Crippen LogP contribution < -0.4 is 0 Å². The van der Waals surface area contributed by atoms with Crippen molar-refractivity contribution in [1.29, 1.82) is 0 Å². The normalized spacial score (nSPS) is 16.8. The van der Waals surface area contributed by atoms with E-state index in [0.29, 0.717) is 25.9 Å². The zero-order valence-electron chi connectivity index (χ0n) is 14.0. The van der Waals surface area contributed by atoms with Crippen molar-refractivity contribution in [3.63, 3.8) is 0 Å². The molecule has 1 aliphatic heterocycles. The molecule has 0 spiro atoms. The molecular weight excluding hydrogens is 341 g/mol. The lowest BCUT2D eigenvalue weighted by atomic mass is 9.97. The van der Waals surface area contributed by atoms with Crippen molar-refractivity contribution < 1.29 is 12.8 Å². The van der Waals surface area contributed by atoms with Crippen molar-refractivity contribution in [2.45, 2.75) is 25.2 Å². The molecule has 0 bridgehead atoms. The third kappa shape index (κ3) is 4.41. The molecule has 1 aliphatic rings. The number of sulfonamides is 1. The Morgan fingerprint density at radius 1 is 1.12 bits per heavy atom. The van der Waals surface area contributed by atoms with Gasteiger partial charge < -0.3 is 0 Å². The molecule has 1 aromatic heterocycles. The van der Waals surface area contributed by atoms with E-state index in [1.807, 2.05) is 36.4 Å². The molecule has 25 heavy (non-hydrogen) atoms. The summed E-state index contributed by atoms with van der Waals surface area (Å²) in [6.07, 6.45) is 3.19. The third-order valence-electron chi connectivity index (χ3n) is 4.49. The fourth-order valence-electron chi connectivity index (χ4n) is 3.10. The van der Waals surface area contributed by atoms with Crippen LogP contribution in [-0.2, 0) is 10.0 Å². The second kappa shape index (κ2) is 8.01. The number of nitrogens with zero attached hydrogens (tertiary/aromatic N) is 3. The molecule has 0 N–H and O–H groups in total. The van der Waals surface area contributed by atoms with Crippen LogP contribution in [-0.4, -0.2) is 48.2 Å². The molecule has 1 saturated heterocycles. The Morgan fingerprint density at radius 2 is 1.84 bits per heavy atom. The third-order valence-corrected chi connectivity index (χ3v) is 6.45. The standard InChI is InChI=1S/C18H22FN3O2S/c19-10-4-14-25(23,24)22-12-8-16(9-13-22)18-20-11-7-17(21-18)15-5-2-1-3-6-15/h1-3,5-7,11,16H,4,8-10,12-14H2. The number of aromatic nitrogens is 2. The summed E-state index contributed by atoms with van der Waals surface area (Å²) in [6, 6.07) is 11.8. The van der Waals surface area contributed by atoms with Crippen LogP contribution in [0.1, 0.15) is 31.0 Å². The van der Waals surface area contributed by atoms with Gasteiger partial charge in [0.05, 0.1) is 18.1 Å². The molecule has 5 nitrogen and oxygen atoms in total. The Labute approximate surface area is 148 Å². The van der Waals surface area contributed by atoms with Gasteiger partial charge in [0, 0.05) is 30.8 Å². The zero-order chi connectivity index (χ0) is 17.7. The predicted octanol–water partition coefficient (Wildman–Crippen LogP) is 3.01. The Bertz CT molecular complexity index is 791. The van der Waals surface area contributed by atoms with Gasteiger partial charge in [-0.15, -0.1) is 0 Å². The summed E-state index contributed by atoms with van der Waals surface area (Å²) in [5.41, 5.74) is 1.92. The lowest BCUT2D eigenvalue weighted by molar-refractivity contribution is 0.312. The van der Waals surface area contributed by atoms with Crippen LogP contribution in [0.3, 0.4) is 0 Å². The summed E-state index contributed by atoms with van der Waals surface area (Å²) >= 11 is 0. The zero-order valence-corrected chi connectivity index (χ0v) is 14.8. The first-order valence-corrected chi connectivity index (χ1v) is 10.1. The molecule has 1 fully saturated rings. The maximum Gasteiger partial charge on any atom is 0.214 e. The Balaban J connectivity index is 1.67. The molecule has 0 amide bonds. The number of halogens is 1. The van der Waals surface area contributed by atoms with Crippen molar-refractivity contribution in [2.75, 3.05) is 25.5 Å². The average Bonchev–Trinajstić information content (AvgIpc) is 2.67. The van der Waals surface area contributed by atoms with Crippen LogP contribution in [0.2, 0.25) is 0 Å². The smallest absolute Gasteiger partial charge is 0.214 e. The first-order chi connectivity index (χ1) is 12.1. The second-order valence-electron chi connectivity index (χ2n) is 6.20. The minimum absolute atomic E-state index is 0.0600. The van der Waals surface area contributed by atoms with Gasteiger partial charge in [-0.25, -0.2) is 22.7 Å². The first-order valence-electron chi connectivity index (χ1n) is 8.52. The molecular formula is C18H22FN3O2S. The maximum atomic E-state index is 12.3. The minimum Gasteiger partial charge on any atom is -0.251 e. The monoisotopic (exact) mass is 363 g/mol. The highest BCUT2D eigenvalue weighted by atomic mass is 32.2. The van der Waals surface area contributed by atoms with Crippen LogP contribution in [0.25, 0.3) is 11.3 Å². The molecule has 134 valence electrons. The highest BCUT2D eigenvalue weighted by Crippen LogP contribution is 2.28. The molecule has 2 aromatic rings. The number of alkyl halides is 1. The Morgan fingerprint density at radius 3 is 2.52 bits per heavy atom. The highest BCUT2D eigenvalue weighted by molar-refractivity contribution is 7.89. The van der Waals surface area contributed by atoms with E-state index in [0.717, 1.165) is 17.1 Å². The van der Waals surface area contributed by atoms with Gasteiger partial charge in [0.2, 0.25) is 10.0 Å². The fraction of sp³-hybridized carbons (Fsp3) is 0.444. The molecule has 3 rings (SSSR count). The second-order valence-corrected chi connectivity index (χ2v) is 8.29. The van der Waals surface area contributed by atoms with Crippen LogP contribution in [0.5, 0.6) is 0 Å². The summed E-state index contributed by atoms with van der Waals surface area (Å²) in [5.74, 6) is 0.798. The largest absolute Gasteiger partial charge is 0.251 e. The lowest BCUT2D eigenvalue weighted by Crippen LogP contribution is -2.39. The molecule has 0 atom stereocenters. The quantitative estimate of drug-likeness (QED) is 0.791. The van der Waals surface area contributed by atoms with E-state index in [9.17, 15) is 12.8 Å². The molecule has 0 unspecified atom stereocenters. The van der Waals surface area contributed by atoms with E-state index in [2.05, 4.69) is 9.97 Å². The topological polar surface area (TPSA) is 63.2 Å². The number of benzene rings is 1. The lowest BCUT2D eigenvalue weighted by Gasteiger charge is -2.30. The van der Waals surface area contributed by atoms with Crippen molar-refractivity contribution in [3.05, 3.63) is 48.4 Å². The predicted molar refractivity (Wildman–Crippen MR) is 95.4 cm³/mol. The van der Waals surface area contributed by atoms with Gasteiger partial charge >= 0.3 is 0 Å². The van der Waals surface area contributed by atoms with Crippen molar-refractivity contribution in [2.24, 2.45) is 0 Å². The summed E-state index contributed by atoms with van der Waals surface area (Å²) in [5, 5.41) is 0. The van der Waals surface area contributed by atoms with E-state index in [-0.39, 0.29) is 18.1 Å². The van der Waals surface area contributed by atoms with E-state index in [4.69, 9.17) is 0 Å². The van der Waals surface area contributed by atoms with Crippen molar-refractivity contribution >= 4 is 10.0 Å². The summed E-state index contributed by atoms with van der Waals surface area (Å²) < 4.78 is 38.0. The van der Waals surface area contributed by atoms with Gasteiger partial charge in [0.15, 0.2) is 0 Å². The molecule has 0 radical (unpaired) electrons. The fourth-order valence-corrected chi connectivity index (χ4v) is 4.60. The first kappa shape index (κ1) is 17.9. The SMILES string of the molecule is O=S(=O)(CCCF)N1CCC(c2nccc(-c3ccccc3)n2)CC1. The number of hydrogen-bond donors (Lipinski definition) is 0. The molecule has 0 saturated carbocycles. The molecule has 2 heterocycles. The summed E-state index contributed by atoms with van der Waals surface area (Å²) in [7, 11) is -3.35. The molecule has 7 heteroatoms. The van der Waals surface area contributed by atoms with E-state index in [1.165, 1.54) is 4.31 Å². The number of rotatable bonds is 6. The number of hydrogen-bond acceptors (Lipinski definition) is 4. The maximum absolute atomic E-state index is 12.3. The van der Waals surface area contributed by atoms with E-state index >= 15 is 0 Å². The highest BCUT2D eigenvalue weighted by Gasteiger charge is 2.29. The van der Waals surface area contributed by atoms with E-state index in [1.54, 1.807) is 6.20 Å². The summed E-state index contributed by atoms with van der Waals surface area (Å²) in [6.45, 7) is 0.284. The molecule has 0 aliphatic carbocycles.